The zero-order valence-corrected chi connectivity index (χ0v) is 16.4. The fraction of sp³-hybridized carbons (Fsp3) is 0.591. The summed E-state index contributed by atoms with van der Waals surface area (Å²) in [7, 11) is 4.15. The molecule has 0 aromatic heterocycles. The molecule has 136 valence electrons. The second kappa shape index (κ2) is 6.86. The van der Waals surface area contributed by atoms with Crippen molar-refractivity contribution in [3.63, 3.8) is 0 Å². The number of hydrogen-bond donors (Lipinski definition) is 1. The lowest BCUT2D eigenvalue weighted by atomic mass is 9.82. The lowest BCUT2D eigenvalue weighted by Crippen LogP contribution is -2.44. The maximum atomic E-state index is 12.8. The number of carbonyl (C=O) groups excluding carboxylic acids is 1. The Morgan fingerprint density at radius 1 is 1.20 bits per heavy atom. The van der Waals surface area contributed by atoms with E-state index in [1.807, 2.05) is 6.08 Å². The molecule has 3 nitrogen and oxygen atoms in total. The Hall–Kier alpha value is -1.77. The molecule has 0 unspecified atom stereocenters. The third-order valence-electron chi connectivity index (χ3n) is 5.59. The Kier molecular flexibility index (Phi) is 4.95. The molecule has 25 heavy (non-hydrogen) atoms. The summed E-state index contributed by atoms with van der Waals surface area (Å²) < 4.78 is 0. The van der Waals surface area contributed by atoms with Crippen molar-refractivity contribution in [1.82, 2.24) is 5.32 Å². The SMILES string of the molecule is Cc1cc2c(cc1N(C)C)/C(=C\C(=O)C1CCCCC1)NC(C)(C)C2. The molecule has 1 fully saturated rings. The molecule has 1 aromatic rings. The predicted octanol–water partition coefficient (Wildman–Crippen LogP) is 4.48. The highest BCUT2D eigenvalue weighted by atomic mass is 16.1. The average Bonchev–Trinajstić information content (AvgIpc) is 2.53. The Bertz CT molecular complexity index is 694. The number of allylic oxidation sites excluding steroid dienone is 1. The number of ketones is 1. The van der Waals surface area contributed by atoms with E-state index in [0.717, 1.165) is 25.0 Å². The number of nitrogens with one attached hydrogen (secondary N) is 1. The summed E-state index contributed by atoms with van der Waals surface area (Å²) in [6.45, 7) is 6.59. The first-order valence-corrected chi connectivity index (χ1v) is 9.62. The Labute approximate surface area is 152 Å². The molecule has 0 amide bonds. The van der Waals surface area contributed by atoms with Crippen LogP contribution in [0.1, 0.15) is 62.6 Å². The maximum absolute atomic E-state index is 12.8. The number of rotatable bonds is 3. The number of nitrogens with zero attached hydrogens (tertiary/aromatic N) is 1. The van der Waals surface area contributed by atoms with E-state index in [2.05, 4.69) is 57.2 Å². The van der Waals surface area contributed by atoms with Crippen LogP contribution in [0.4, 0.5) is 5.69 Å². The standard InChI is InChI=1S/C22H32N2O/c1-15-11-17-14-22(2,3)23-19(18(17)12-20(15)24(4)5)13-21(25)16-9-7-6-8-10-16/h11-13,16,23H,6-10,14H2,1-5H3/b19-13+. The summed E-state index contributed by atoms with van der Waals surface area (Å²) in [4.78, 5) is 15.0. The predicted molar refractivity (Wildman–Crippen MR) is 106 cm³/mol. The van der Waals surface area contributed by atoms with E-state index < -0.39 is 0 Å². The summed E-state index contributed by atoms with van der Waals surface area (Å²) in [6, 6.07) is 4.54. The molecule has 0 atom stereocenters. The topological polar surface area (TPSA) is 32.3 Å². The van der Waals surface area contributed by atoms with E-state index in [1.54, 1.807) is 0 Å². The van der Waals surface area contributed by atoms with Crippen molar-refractivity contribution in [2.24, 2.45) is 5.92 Å². The van der Waals surface area contributed by atoms with Crippen LogP contribution in [0.2, 0.25) is 0 Å². The zero-order chi connectivity index (χ0) is 18.2. The summed E-state index contributed by atoms with van der Waals surface area (Å²) in [5, 5.41) is 3.63. The minimum absolute atomic E-state index is 0.0300. The van der Waals surface area contributed by atoms with Crippen molar-refractivity contribution in [3.8, 4) is 0 Å². The van der Waals surface area contributed by atoms with Crippen molar-refractivity contribution in [1.29, 1.82) is 0 Å². The van der Waals surface area contributed by atoms with Gasteiger partial charge in [-0.05, 0) is 57.2 Å². The van der Waals surface area contributed by atoms with Gasteiger partial charge in [0.05, 0.1) is 0 Å². The number of anilines is 1. The van der Waals surface area contributed by atoms with Crippen LogP contribution in [0.3, 0.4) is 0 Å². The summed E-state index contributed by atoms with van der Waals surface area (Å²) >= 11 is 0. The van der Waals surface area contributed by atoms with Gasteiger partial charge in [0.1, 0.15) is 0 Å². The number of hydrogen-bond acceptors (Lipinski definition) is 3. The van der Waals surface area contributed by atoms with Crippen LogP contribution in [0, 0.1) is 12.8 Å². The summed E-state index contributed by atoms with van der Waals surface area (Å²) in [6.07, 6.45) is 8.64. The summed E-state index contributed by atoms with van der Waals surface area (Å²) in [5.41, 5.74) is 6.02. The monoisotopic (exact) mass is 340 g/mol. The molecular formula is C22H32N2O. The molecule has 0 saturated heterocycles. The number of fused-ring (bicyclic) bond motifs is 1. The number of carbonyl (C=O) groups is 1. The second-order valence-electron chi connectivity index (χ2n) is 8.67. The van der Waals surface area contributed by atoms with Crippen molar-refractivity contribution < 1.29 is 4.79 Å². The quantitative estimate of drug-likeness (QED) is 0.824. The largest absolute Gasteiger partial charge is 0.379 e. The summed E-state index contributed by atoms with van der Waals surface area (Å²) in [5.74, 6) is 0.521. The molecule has 1 heterocycles. The molecule has 1 aliphatic carbocycles. The Morgan fingerprint density at radius 2 is 1.88 bits per heavy atom. The van der Waals surface area contributed by atoms with E-state index in [4.69, 9.17) is 0 Å². The maximum Gasteiger partial charge on any atom is 0.160 e. The third kappa shape index (κ3) is 3.91. The lowest BCUT2D eigenvalue weighted by Gasteiger charge is -2.37. The van der Waals surface area contributed by atoms with Crippen LogP contribution >= 0.6 is 0 Å². The van der Waals surface area contributed by atoms with Gasteiger partial charge in [-0.3, -0.25) is 4.79 Å². The van der Waals surface area contributed by atoms with Crippen molar-refractivity contribution >= 4 is 17.2 Å². The van der Waals surface area contributed by atoms with Gasteiger partial charge < -0.3 is 10.2 Å². The van der Waals surface area contributed by atoms with Gasteiger partial charge in [-0.15, -0.1) is 0 Å². The fourth-order valence-electron chi connectivity index (χ4n) is 4.35. The number of aryl methyl sites for hydroxylation is 1. The van der Waals surface area contributed by atoms with E-state index in [9.17, 15) is 4.79 Å². The molecule has 1 aromatic carbocycles. The molecule has 3 rings (SSSR count). The number of benzene rings is 1. The molecular weight excluding hydrogens is 308 g/mol. The highest BCUT2D eigenvalue weighted by Crippen LogP contribution is 2.35. The van der Waals surface area contributed by atoms with Gasteiger partial charge in [-0.1, -0.05) is 25.3 Å². The van der Waals surface area contributed by atoms with Gasteiger partial charge in [0.25, 0.3) is 0 Å². The molecule has 0 bridgehead atoms. The molecule has 0 spiro atoms. The minimum atomic E-state index is -0.0300. The van der Waals surface area contributed by atoms with Gasteiger partial charge in [0.2, 0.25) is 0 Å². The van der Waals surface area contributed by atoms with E-state index >= 15 is 0 Å². The Balaban J connectivity index is 2.00. The van der Waals surface area contributed by atoms with Gasteiger partial charge in [-0.2, -0.15) is 0 Å². The highest BCUT2D eigenvalue weighted by Gasteiger charge is 2.30. The first kappa shape index (κ1) is 18.0. The van der Waals surface area contributed by atoms with Gasteiger partial charge >= 0.3 is 0 Å². The second-order valence-corrected chi connectivity index (χ2v) is 8.67. The van der Waals surface area contributed by atoms with Crippen LogP contribution < -0.4 is 10.2 Å². The van der Waals surface area contributed by atoms with Gasteiger partial charge in [0, 0.05) is 48.6 Å². The average molecular weight is 341 g/mol. The van der Waals surface area contributed by atoms with Crippen molar-refractivity contribution in [2.75, 3.05) is 19.0 Å². The van der Waals surface area contributed by atoms with Crippen LogP contribution in [0.15, 0.2) is 18.2 Å². The third-order valence-corrected chi connectivity index (χ3v) is 5.59. The molecule has 1 aliphatic heterocycles. The minimum Gasteiger partial charge on any atom is -0.379 e. The van der Waals surface area contributed by atoms with E-state index in [1.165, 1.54) is 41.6 Å². The molecule has 1 N–H and O–H groups in total. The van der Waals surface area contributed by atoms with Gasteiger partial charge in [0.15, 0.2) is 5.78 Å². The van der Waals surface area contributed by atoms with Gasteiger partial charge in [-0.25, -0.2) is 0 Å². The first-order valence-electron chi connectivity index (χ1n) is 9.62. The van der Waals surface area contributed by atoms with Crippen molar-refractivity contribution in [2.45, 2.75) is 64.8 Å². The highest BCUT2D eigenvalue weighted by molar-refractivity contribution is 5.99. The molecule has 2 aliphatic rings. The molecule has 1 saturated carbocycles. The zero-order valence-electron chi connectivity index (χ0n) is 16.4. The normalized spacial score (nSPS) is 21.6. The lowest BCUT2D eigenvalue weighted by molar-refractivity contribution is -0.119. The smallest absolute Gasteiger partial charge is 0.160 e. The fourth-order valence-corrected chi connectivity index (χ4v) is 4.35. The van der Waals surface area contributed by atoms with E-state index in [-0.39, 0.29) is 11.5 Å². The van der Waals surface area contributed by atoms with Crippen LogP contribution in [0.25, 0.3) is 5.70 Å². The van der Waals surface area contributed by atoms with Crippen molar-refractivity contribution in [3.05, 3.63) is 34.9 Å². The molecule has 3 heteroatoms. The van der Waals surface area contributed by atoms with Crippen LogP contribution in [-0.4, -0.2) is 25.4 Å². The van der Waals surface area contributed by atoms with Crippen LogP contribution in [-0.2, 0) is 11.2 Å². The van der Waals surface area contributed by atoms with E-state index in [0.29, 0.717) is 5.78 Å². The first-order chi connectivity index (χ1) is 11.8. The Morgan fingerprint density at radius 3 is 2.52 bits per heavy atom. The molecule has 0 radical (unpaired) electrons. The van der Waals surface area contributed by atoms with Crippen LogP contribution in [0.5, 0.6) is 0 Å².